The van der Waals surface area contributed by atoms with E-state index in [4.69, 9.17) is 10.5 Å². The number of nitrogen functional groups attached to an aromatic ring is 1. The SMILES string of the molecule is CCOC(CN1CCN(S(=O)(=O)c2ccc3ncnc(N)c3c2)CC1)c1ccccc1. The highest BCUT2D eigenvalue weighted by molar-refractivity contribution is 7.89. The number of rotatable bonds is 7. The van der Waals surface area contributed by atoms with E-state index >= 15 is 0 Å². The van der Waals surface area contributed by atoms with Gasteiger partial charge in [-0.1, -0.05) is 30.3 Å². The van der Waals surface area contributed by atoms with Gasteiger partial charge in [0.1, 0.15) is 12.1 Å². The third kappa shape index (κ3) is 4.69. The van der Waals surface area contributed by atoms with E-state index in [1.807, 2.05) is 25.1 Å². The lowest BCUT2D eigenvalue weighted by Crippen LogP contribution is -2.49. The van der Waals surface area contributed by atoms with Gasteiger partial charge in [-0.15, -0.1) is 0 Å². The summed E-state index contributed by atoms with van der Waals surface area (Å²) in [5.41, 5.74) is 7.66. The molecule has 1 aromatic heterocycles. The molecule has 0 saturated carbocycles. The average Bonchev–Trinajstić information content (AvgIpc) is 2.80. The maximum absolute atomic E-state index is 13.2. The predicted octanol–water partition coefficient (Wildman–Crippen LogP) is 2.30. The molecule has 8 nitrogen and oxygen atoms in total. The molecule has 0 bridgehead atoms. The highest BCUT2D eigenvalue weighted by Gasteiger charge is 2.30. The number of nitrogens with zero attached hydrogens (tertiary/aromatic N) is 4. The molecule has 1 saturated heterocycles. The molecular formula is C22H27N5O3S. The number of piperazine rings is 1. The van der Waals surface area contributed by atoms with Crippen LogP contribution in [0.3, 0.4) is 0 Å². The third-order valence-electron chi connectivity index (χ3n) is 5.57. The first-order valence-electron chi connectivity index (χ1n) is 10.4. The van der Waals surface area contributed by atoms with Gasteiger partial charge in [0.2, 0.25) is 10.0 Å². The standard InChI is InChI=1S/C22H27N5O3S/c1-2-30-21(17-6-4-3-5-7-17)15-26-10-12-27(13-11-26)31(28,29)18-8-9-20-19(14-18)22(23)25-16-24-20/h3-9,14,16,21H,2,10-13,15H2,1H3,(H2,23,24,25). The van der Waals surface area contributed by atoms with Gasteiger partial charge in [0.05, 0.1) is 16.5 Å². The Morgan fingerprint density at radius 1 is 1.06 bits per heavy atom. The third-order valence-corrected chi connectivity index (χ3v) is 7.46. The van der Waals surface area contributed by atoms with E-state index in [2.05, 4.69) is 27.0 Å². The first kappa shape index (κ1) is 21.6. The van der Waals surface area contributed by atoms with Gasteiger partial charge in [0.25, 0.3) is 0 Å². The second kappa shape index (κ2) is 9.27. The quantitative estimate of drug-likeness (QED) is 0.600. The number of ether oxygens (including phenoxy) is 1. The predicted molar refractivity (Wildman–Crippen MR) is 120 cm³/mol. The molecule has 31 heavy (non-hydrogen) atoms. The van der Waals surface area contributed by atoms with Gasteiger partial charge in [-0.3, -0.25) is 4.90 Å². The van der Waals surface area contributed by atoms with E-state index in [0.717, 1.165) is 12.1 Å². The van der Waals surface area contributed by atoms with Crippen LogP contribution in [0.25, 0.3) is 10.9 Å². The molecule has 0 amide bonds. The molecule has 1 aliphatic heterocycles. The average molecular weight is 442 g/mol. The molecule has 0 aliphatic carbocycles. The molecule has 4 rings (SSSR count). The van der Waals surface area contributed by atoms with E-state index < -0.39 is 10.0 Å². The Morgan fingerprint density at radius 2 is 1.81 bits per heavy atom. The summed E-state index contributed by atoms with van der Waals surface area (Å²) in [6.45, 7) is 5.49. The Morgan fingerprint density at radius 3 is 2.52 bits per heavy atom. The summed E-state index contributed by atoms with van der Waals surface area (Å²) in [5.74, 6) is 0.273. The van der Waals surface area contributed by atoms with E-state index in [9.17, 15) is 8.42 Å². The molecule has 1 atom stereocenters. The molecule has 1 aliphatic rings. The van der Waals surface area contributed by atoms with Crippen LogP contribution in [-0.2, 0) is 14.8 Å². The summed E-state index contributed by atoms with van der Waals surface area (Å²) >= 11 is 0. The van der Waals surface area contributed by atoms with Crippen molar-refractivity contribution < 1.29 is 13.2 Å². The first-order valence-corrected chi connectivity index (χ1v) is 11.8. The zero-order valence-electron chi connectivity index (χ0n) is 17.5. The summed E-state index contributed by atoms with van der Waals surface area (Å²) < 4.78 is 33.9. The van der Waals surface area contributed by atoms with Crippen molar-refractivity contribution in [3.8, 4) is 0 Å². The van der Waals surface area contributed by atoms with Gasteiger partial charge in [-0.05, 0) is 30.7 Å². The van der Waals surface area contributed by atoms with Crippen molar-refractivity contribution in [3.63, 3.8) is 0 Å². The second-order valence-electron chi connectivity index (χ2n) is 7.50. The van der Waals surface area contributed by atoms with Crippen molar-refractivity contribution >= 4 is 26.7 Å². The number of hydrogen-bond acceptors (Lipinski definition) is 7. The van der Waals surface area contributed by atoms with Crippen LogP contribution in [0.1, 0.15) is 18.6 Å². The number of aromatic nitrogens is 2. The first-order chi connectivity index (χ1) is 15.0. The van der Waals surface area contributed by atoms with Gasteiger partial charge >= 0.3 is 0 Å². The summed E-state index contributed by atoms with van der Waals surface area (Å²) in [6, 6.07) is 14.9. The summed E-state index contributed by atoms with van der Waals surface area (Å²) in [7, 11) is -3.62. The van der Waals surface area contributed by atoms with Crippen molar-refractivity contribution in [2.24, 2.45) is 0 Å². The van der Waals surface area contributed by atoms with Crippen LogP contribution in [0, 0.1) is 0 Å². The van der Waals surface area contributed by atoms with Gasteiger partial charge in [-0.25, -0.2) is 18.4 Å². The molecule has 2 heterocycles. The minimum atomic E-state index is -3.62. The fourth-order valence-electron chi connectivity index (χ4n) is 3.88. The van der Waals surface area contributed by atoms with Crippen LogP contribution in [0.15, 0.2) is 59.8 Å². The normalized spacial score (nSPS) is 17.1. The maximum atomic E-state index is 13.2. The van der Waals surface area contributed by atoms with Crippen molar-refractivity contribution in [3.05, 3.63) is 60.4 Å². The highest BCUT2D eigenvalue weighted by atomic mass is 32.2. The van der Waals surface area contributed by atoms with Gasteiger partial charge in [0.15, 0.2) is 0 Å². The minimum Gasteiger partial charge on any atom is -0.383 e. The van der Waals surface area contributed by atoms with E-state index in [-0.39, 0.29) is 16.8 Å². The largest absolute Gasteiger partial charge is 0.383 e. The number of anilines is 1. The second-order valence-corrected chi connectivity index (χ2v) is 9.44. The van der Waals surface area contributed by atoms with Gasteiger partial charge in [0, 0.05) is 44.7 Å². The van der Waals surface area contributed by atoms with Crippen LogP contribution >= 0.6 is 0 Å². The summed E-state index contributed by atoms with van der Waals surface area (Å²) in [5, 5.41) is 0.546. The monoisotopic (exact) mass is 441 g/mol. The van der Waals surface area contributed by atoms with Crippen molar-refractivity contribution in [1.29, 1.82) is 0 Å². The lowest BCUT2D eigenvalue weighted by molar-refractivity contribution is 0.0249. The highest BCUT2D eigenvalue weighted by Crippen LogP contribution is 2.25. The van der Waals surface area contributed by atoms with E-state index in [1.54, 1.807) is 18.2 Å². The number of benzene rings is 2. The zero-order valence-corrected chi connectivity index (χ0v) is 18.3. The molecule has 1 unspecified atom stereocenters. The molecule has 2 aromatic carbocycles. The zero-order chi connectivity index (χ0) is 21.8. The fourth-order valence-corrected chi connectivity index (χ4v) is 5.32. The van der Waals surface area contributed by atoms with Crippen LogP contribution < -0.4 is 5.73 Å². The van der Waals surface area contributed by atoms with Gasteiger partial charge < -0.3 is 10.5 Å². The number of fused-ring (bicyclic) bond motifs is 1. The Bertz CT molecular complexity index is 1130. The Kier molecular flexibility index (Phi) is 6.47. The molecule has 9 heteroatoms. The summed E-state index contributed by atoms with van der Waals surface area (Å²) in [6.07, 6.45) is 1.34. The van der Waals surface area contributed by atoms with Crippen LogP contribution in [0.2, 0.25) is 0 Å². The lowest BCUT2D eigenvalue weighted by Gasteiger charge is -2.35. The molecule has 164 valence electrons. The van der Waals surface area contributed by atoms with Crippen molar-refractivity contribution in [1.82, 2.24) is 19.2 Å². The Balaban J connectivity index is 1.45. The fraction of sp³-hybridized carbons (Fsp3) is 0.364. The minimum absolute atomic E-state index is 0.0298. The number of hydrogen-bond donors (Lipinski definition) is 1. The molecule has 1 fully saturated rings. The summed E-state index contributed by atoms with van der Waals surface area (Å²) in [4.78, 5) is 10.6. The molecule has 0 radical (unpaired) electrons. The molecule has 0 spiro atoms. The van der Waals surface area contributed by atoms with Crippen LogP contribution in [-0.4, -0.2) is 66.9 Å². The molecule has 3 aromatic rings. The van der Waals surface area contributed by atoms with Crippen molar-refractivity contribution in [2.75, 3.05) is 45.1 Å². The number of sulfonamides is 1. The maximum Gasteiger partial charge on any atom is 0.243 e. The molecular weight excluding hydrogens is 414 g/mol. The van der Waals surface area contributed by atoms with E-state index in [0.29, 0.717) is 43.7 Å². The van der Waals surface area contributed by atoms with Gasteiger partial charge in [-0.2, -0.15) is 4.31 Å². The van der Waals surface area contributed by atoms with Crippen molar-refractivity contribution in [2.45, 2.75) is 17.9 Å². The Labute approximate surface area is 182 Å². The lowest BCUT2D eigenvalue weighted by atomic mass is 10.1. The number of nitrogens with two attached hydrogens (primary N) is 1. The van der Waals surface area contributed by atoms with Crippen LogP contribution in [0.5, 0.6) is 0 Å². The smallest absolute Gasteiger partial charge is 0.243 e. The topological polar surface area (TPSA) is 102 Å². The van der Waals surface area contributed by atoms with E-state index in [1.165, 1.54) is 10.6 Å². The molecule has 2 N–H and O–H groups in total. The Hall–Kier alpha value is -2.59. The van der Waals surface area contributed by atoms with Crippen LogP contribution in [0.4, 0.5) is 5.82 Å².